The van der Waals surface area contributed by atoms with Crippen LogP contribution < -0.4 is 29.7 Å². The number of aromatic nitrogens is 1. The monoisotopic (exact) mass is 864 g/mol. The minimum atomic E-state index is -0.717. The Balaban J connectivity index is 1.38. The van der Waals surface area contributed by atoms with Gasteiger partial charge >= 0.3 is 0 Å². The zero-order chi connectivity index (χ0) is 33.1. The number of ether oxygens (including phenoxy) is 2. The second kappa shape index (κ2) is 14.2. The van der Waals surface area contributed by atoms with Crippen molar-refractivity contribution in [2.75, 3.05) is 12.4 Å². The summed E-state index contributed by atoms with van der Waals surface area (Å²) in [5.74, 6) is 1.03. The minimum absolute atomic E-state index is 0.245. The van der Waals surface area contributed by atoms with Gasteiger partial charge < -0.3 is 14.8 Å². The van der Waals surface area contributed by atoms with Gasteiger partial charge in [-0.15, -0.1) is 0 Å². The van der Waals surface area contributed by atoms with Gasteiger partial charge in [-0.25, -0.2) is 4.99 Å². The lowest BCUT2D eigenvalue weighted by Gasteiger charge is -2.25. The molecule has 0 saturated carbocycles. The zero-order valence-electron chi connectivity index (χ0n) is 25.2. The second-order valence-corrected chi connectivity index (χ2v) is 13.9. The number of allylic oxidation sites excluding steroid dienone is 1. The van der Waals surface area contributed by atoms with E-state index in [2.05, 4.69) is 56.6 Å². The Morgan fingerprint density at radius 1 is 1.04 bits per heavy atom. The van der Waals surface area contributed by atoms with Gasteiger partial charge in [-0.05, 0) is 123 Å². The second-order valence-electron chi connectivity index (χ2n) is 10.6. The Labute approximate surface area is 302 Å². The lowest BCUT2D eigenvalue weighted by molar-refractivity contribution is -0.113. The number of benzene rings is 4. The fourth-order valence-electron chi connectivity index (χ4n) is 5.24. The number of para-hydroxylation sites is 1. The number of nitriles is 1. The van der Waals surface area contributed by atoms with Gasteiger partial charge in [0.25, 0.3) is 11.5 Å². The number of halogens is 2. The quantitative estimate of drug-likeness (QED) is 0.179. The van der Waals surface area contributed by atoms with E-state index in [0.29, 0.717) is 44.2 Å². The molecule has 0 unspecified atom stereocenters. The van der Waals surface area contributed by atoms with Crippen LogP contribution in [0, 0.1) is 18.5 Å². The Hall–Kier alpha value is -4.26. The van der Waals surface area contributed by atoms with Crippen LogP contribution in [-0.2, 0) is 11.4 Å². The highest BCUT2D eigenvalue weighted by molar-refractivity contribution is 14.1. The van der Waals surface area contributed by atoms with Crippen LogP contribution in [0.2, 0.25) is 0 Å². The summed E-state index contributed by atoms with van der Waals surface area (Å²) in [4.78, 5) is 33.2. The van der Waals surface area contributed by atoms with E-state index in [-0.39, 0.29) is 11.5 Å². The Morgan fingerprint density at radius 3 is 2.45 bits per heavy atom. The number of carbonyl (C=O) groups excluding carboxylic acids is 1. The van der Waals surface area contributed by atoms with Gasteiger partial charge in [-0.1, -0.05) is 53.8 Å². The van der Waals surface area contributed by atoms with Gasteiger partial charge in [0.05, 0.1) is 47.7 Å². The first-order chi connectivity index (χ1) is 22.7. The molecule has 0 aliphatic carbocycles. The van der Waals surface area contributed by atoms with Crippen molar-refractivity contribution in [3.8, 4) is 17.6 Å². The molecule has 1 atom stereocenters. The highest BCUT2D eigenvalue weighted by atomic mass is 127. The number of anilines is 1. The topological polar surface area (TPSA) is 106 Å². The SMILES string of the molecule is COc1cccc([C@H]2C(C(=O)Nc3ccccc3)=C(C)N=c3s/c(=C\c4cc(I)c(OCc5ccc(C#N)cc5)c(I)c4)c(=O)n32)c1. The molecule has 6 rings (SSSR count). The van der Waals surface area contributed by atoms with Crippen LogP contribution in [0.4, 0.5) is 5.69 Å². The van der Waals surface area contributed by atoms with Crippen LogP contribution in [0.1, 0.15) is 35.2 Å². The van der Waals surface area contributed by atoms with Crippen molar-refractivity contribution >= 4 is 74.2 Å². The predicted octanol–water partition coefficient (Wildman–Crippen LogP) is 6.54. The van der Waals surface area contributed by atoms with Crippen molar-refractivity contribution < 1.29 is 14.3 Å². The molecule has 47 heavy (non-hydrogen) atoms. The summed E-state index contributed by atoms with van der Waals surface area (Å²) in [6.07, 6.45) is 1.85. The van der Waals surface area contributed by atoms with Crippen LogP contribution in [0.3, 0.4) is 0 Å². The van der Waals surface area contributed by atoms with E-state index in [1.807, 2.05) is 84.9 Å². The molecule has 5 aromatic rings. The van der Waals surface area contributed by atoms with Crippen LogP contribution in [0.25, 0.3) is 6.08 Å². The number of nitrogens with zero attached hydrogens (tertiary/aromatic N) is 3. The molecule has 0 spiro atoms. The van der Waals surface area contributed by atoms with E-state index in [1.54, 1.807) is 30.7 Å². The third-order valence-electron chi connectivity index (χ3n) is 7.49. The number of hydrogen-bond acceptors (Lipinski definition) is 7. The van der Waals surface area contributed by atoms with Crippen LogP contribution in [0.5, 0.6) is 11.5 Å². The van der Waals surface area contributed by atoms with Crippen molar-refractivity contribution in [2.45, 2.75) is 19.6 Å². The Bertz CT molecular complexity index is 2230. The highest BCUT2D eigenvalue weighted by Crippen LogP contribution is 2.33. The van der Waals surface area contributed by atoms with Crippen molar-refractivity contribution in [1.29, 1.82) is 5.26 Å². The van der Waals surface area contributed by atoms with E-state index < -0.39 is 6.04 Å². The standard InChI is InChI=1S/C36H26I2N4O4S/c1-21-31(34(43)41-26-8-4-3-5-9-26)32(25-7-6-10-27(18-25)45-2)42-35(44)30(47-36(42)40-21)17-24-15-28(37)33(29(38)16-24)46-20-23-13-11-22(19-39)12-14-23/h3-18,32H,20H2,1-2H3,(H,41,43)/b30-17-/t32-/m0/s1. The average Bonchev–Trinajstić information content (AvgIpc) is 3.37. The Kier molecular flexibility index (Phi) is 9.90. The van der Waals surface area contributed by atoms with Gasteiger partial charge in [-0.2, -0.15) is 5.26 Å². The van der Waals surface area contributed by atoms with Gasteiger partial charge in [-0.3, -0.25) is 14.2 Å². The molecule has 0 saturated heterocycles. The number of hydrogen-bond donors (Lipinski definition) is 1. The lowest BCUT2D eigenvalue weighted by Crippen LogP contribution is -2.40. The largest absolute Gasteiger partial charge is 0.497 e. The van der Waals surface area contributed by atoms with Crippen LogP contribution in [-0.4, -0.2) is 17.6 Å². The van der Waals surface area contributed by atoms with Crippen molar-refractivity contribution in [1.82, 2.24) is 4.57 Å². The summed E-state index contributed by atoms with van der Waals surface area (Å²) in [6.45, 7) is 2.16. The number of rotatable bonds is 8. The van der Waals surface area contributed by atoms with E-state index in [1.165, 1.54) is 11.3 Å². The molecule has 11 heteroatoms. The van der Waals surface area contributed by atoms with Gasteiger partial charge in [0.15, 0.2) is 4.80 Å². The molecule has 1 N–H and O–H groups in total. The first-order valence-corrected chi connectivity index (χ1v) is 17.4. The maximum absolute atomic E-state index is 14.2. The molecule has 2 heterocycles. The van der Waals surface area contributed by atoms with Gasteiger partial charge in [0.1, 0.15) is 18.1 Å². The van der Waals surface area contributed by atoms with E-state index >= 15 is 0 Å². The van der Waals surface area contributed by atoms with Crippen molar-refractivity contribution in [2.24, 2.45) is 4.99 Å². The number of fused-ring (bicyclic) bond motifs is 1. The maximum Gasteiger partial charge on any atom is 0.271 e. The highest BCUT2D eigenvalue weighted by Gasteiger charge is 2.32. The summed E-state index contributed by atoms with van der Waals surface area (Å²) < 4.78 is 15.5. The normalized spacial score (nSPS) is 14.2. The molecule has 1 aromatic heterocycles. The van der Waals surface area contributed by atoms with Gasteiger partial charge in [0.2, 0.25) is 0 Å². The molecular weight excluding hydrogens is 838 g/mol. The molecule has 8 nitrogen and oxygen atoms in total. The van der Waals surface area contributed by atoms with Crippen LogP contribution in [0.15, 0.2) is 112 Å². The minimum Gasteiger partial charge on any atom is -0.497 e. The molecule has 1 aliphatic rings. The number of nitrogens with one attached hydrogen (secondary N) is 1. The van der Waals surface area contributed by atoms with E-state index in [0.717, 1.165) is 29.6 Å². The lowest BCUT2D eigenvalue weighted by atomic mass is 9.95. The molecular formula is C36H26I2N4O4S. The average molecular weight is 865 g/mol. The molecule has 0 radical (unpaired) electrons. The summed E-state index contributed by atoms with van der Waals surface area (Å²) in [5.41, 5.74) is 4.45. The van der Waals surface area contributed by atoms with Crippen LogP contribution >= 0.6 is 56.5 Å². The Morgan fingerprint density at radius 2 is 1.77 bits per heavy atom. The summed E-state index contributed by atoms with van der Waals surface area (Å²) in [7, 11) is 1.58. The molecule has 1 amide bonds. The molecule has 1 aliphatic heterocycles. The predicted molar refractivity (Wildman–Crippen MR) is 199 cm³/mol. The zero-order valence-corrected chi connectivity index (χ0v) is 30.3. The first-order valence-electron chi connectivity index (χ1n) is 14.4. The van der Waals surface area contributed by atoms with Gasteiger partial charge in [0, 0.05) is 5.69 Å². The molecule has 0 fully saturated rings. The fourth-order valence-corrected chi connectivity index (χ4v) is 8.42. The van der Waals surface area contributed by atoms with E-state index in [9.17, 15) is 9.59 Å². The summed E-state index contributed by atoms with van der Waals surface area (Å²) >= 11 is 5.76. The number of thiazole rings is 1. The molecule has 4 aromatic carbocycles. The maximum atomic E-state index is 14.2. The number of amides is 1. The summed E-state index contributed by atoms with van der Waals surface area (Å²) in [5, 5.41) is 12.0. The van der Waals surface area contributed by atoms with Crippen molar-refractivity contribution in [3.05, 3.63) is 151 Å². The van der Waals surface area contributed by atoms with Crippen molar-refractivity contribution in [3.63, 3.8) is 0 Å². The summed E-state index contributed by atoms with van der Waals surface area (Å²) in [6, 6.07) is 29.3. The fraction of sp³-hybridized carbons (Fsp3) is 0.111. The first kappa shape index (κ1) is 32.7. The van der Waals surface area contributed by atoms with E-state index in [4.69, 9.17) is 19.7 Å². The third kappa shape index (κ3) is 7.04. The third-order valence-corrected chi connectivity index (χ3v) is 10.1. The number of carbonyl (C=O) groups is 1. The number of methoxy groups -OCH3 is 1. The molecule has 234 valence electrons. The smallest absolute Gasteiger partial charge is 0.271 e. The molecule has 0 bridgehead atoms.